The molecule has 0 spiro atoms. The van der Waals surface area contributed by atoms with Gasteiger partial charge in [-0.25, -0.2) is 9.69 Å². The van der Waals surface area contributed by atoms with Gasteiger partial charge in [-0.05, 0) is 19.3 Å². The number of carbonyl (C=O) groups excluding carboxylic acids is 2. The standard InChI is InChI=1S/C9H13NO3/c1-2-8(11)10-6-4-3-5-7(6)13-9(10)12/h6-7H,2-5H2,1H3/t6-,7+/m1/s1. The number of rotatable bonds is 1. The van der Waals surface area contributed by atoms with E-state index in [0.717, 1.165) is 19.3 Å². The molecule has 1 aliphatic heterocycles. The smallest absolute Gasteiger partial charge is 0.417 e. The van der Waals surface area contributed by atoms with Gasteiger partial charge in [0.1, 0.15) is 6.10 Å². The summed E-state index contributed by atoms with van der Waals surface area (Å²) in [6, 6.07) is 0.0277. The molecule has 1 saturated carbocycles. The summed E-state index contributed by atoms with van der Waals surface area (Å²) in [6.07, 6.45) is 2.77. The van der Waals surface area contributed by atoms with Crippen LogP contribution in [0.15, 0.2) is 0 Å². The second kappa shape index (κ2) is 3.01. The van der Waals surface area contributed by atoms with Gasteiger partial charge in [0.05, 0.1) is 6.04 Å². The Hall–Kier alpha value is -1.06. The fourth-order valence-corrected chi connectivity index (χ4v) is 2.12. The summed E-state index contributed by atoms with van der Waals surface area (Å²) in [5.41, 5.74) is 0. The Balaban J connectivity index is 2.16. The SMILES string of the molecule is CCC(=O)N1C(=O)O[C@H]2CCC[C@H]21. The Morgan fingerprint density at radius 1 is 1.62 bits per heavy atom. The average Bonchev–Trinajstić information content (AvgIpc) is 2.62. The lowest BCUT2D eigenvalue weighted by Gasteiger charge is -2.16. The van der Waals surface area contributed by atoms with E-state index in [9.17, 15) is 9.59 Å². The van der Waals surface area contributed by atoms with Crippen LogP contribution in [0.5, 0.6) is 0 Å². The average molecular weight is 183 g/mol. The number of nitrogens with zero attached hydrogens (tertiary/aromatic N) is 1. The number of amides is 2. The van der Waals surface area contributed by atoms with E-state index in [0.29, 0.717) is 6.42 Å². The van der Waals surface area contributed by atoms with Gasteiger partial charge in [-0.1, -0.05) is 6.92 Å². The number of hydrogen-bond donors (Lipinski definition) is 0. The molecule has 0 aromatic carbocycles. The monoisotopic (exact) mass is 183 g/mol. The Morgan fingerprint density at radius 2 is 2.38 bits per heavy atom. The van der Waals surface area contributed by atoms with Crippen LogP contribution in [0, 0.1) is 0 Å². The first kappa shape index (κ1) is 8.53. The molecule has 2 amide bonds. The van der Waals surface area contributed by atoms with Gasteiger partial charge in [-0.2, -0.15) is 0 Å². The van der Waals surface area contributed by atoms with Crippen molar-refractivity contribution in [3.05, 3.63) is 0 Å². The molecule has 2 fully saturated rings. The molecule has 72 valence electrons. The molecule has 0 N–H and O–H groups in total. The minimum atomic E-state index is -0.443. The highest BCUT2D eigenvalue weighted by Crippen LogP contribution is 2.33. The third-order valence-electron chi connectivity index (χ3n) is 2.77. The van der Waals surface area contributed by atoms with Crippen molar-refractivity contribution < 1.29 is 14.3 Å². The van der Waals surface area contributed by atoms with Crippen molar-refractivity contribution in [2.24, 2.45) is 0 Å². The summed E-state index contributed by atoms with van der Waals surface area (Å²) in [4.78, 5) is 24.0. The summed E-state index contributed by atoms with van der Waals surface area (Å²) < 4.78 is 5.09. The molecule has 13 heavy (non-hydrogen) atoms. The Kier molecular flexibility index (Phi) is 1.98. The first-order valence-corrected chi connectivity index (χ1v) is 4.76. The molecule has 1 aliphatic carbocycles. The van der Waals surface area contributed by atoms with Crippen LogP contribution >= 0.6 is 0 Å². The summed E-state index contributed by atoms with van der Waals surface area (Å²) in [6.45, 7) is 1.76. The summed E-state index contributed by atoms with van der Waals surface area (Å²) in [5.74, 6) is -0.112. The van der Waals surface area contributed by atoms with Gasteiger partial charge in [0.25, 0.3) is 0 Å². The van der Waals surface area contributed by atoms with Crippen LogP contribution in [-0.4, -0.2) is 29.0 Å². The normalized spacial score (nSPS) is 31.8. The van der Waals surface area contributed by atoms with Gasteiger partial charge in [0, 0.05) is 6.42 Å². The van der Waals surface area contributed by atoms with Crippen LogP contribution in [0.2, 0.25) is 0 Å². The van der Waals surface area contributed by atoms with E-state index in [-0.39, 0.29) is 18.1 Å². The van der Waals surface area contributed by atoms with Crippen LogP contribution in [0.4, 0.5) is 4.79 Å². The maximum atomic E-state index is 11.4. The largest absolute Gasteiger partial charge is 0.444 e. The fourth-order valence-electron chi connectivity index (χ4n) is 2.12. The maximum Gasteiger partial charge on any atom is 0.417 e. The van der Waals surface area contributed by atoms with Crippen molar-refractivity contribution in [1.82, 2.24) is 4.90 Å². The highest BCUT2D eigenvalue weighted by molar-refractivity contribution is 5.93. The van der Waals surface area contributed by atoms with Gasteiger partial charge in [-0.15, -0.1) is 0 Å². The summed E-state index contributed by atoms with van der Waals surface area (Å²) in [5, 5.41) is 0. The highest BCUT2D eigenvalue weighted by atomic mass is 16.6. The predicted molar refractivity (Wildman–Crippen MR) is 45.0 cm³/mol. The zero-order valence-electron chi connectivity index (χ0n) is 7.66. The van der Waals surface area contributed by atoms with Gasteiger partial charge in [-0.3, -0.25) is 4.79 Å². The molecule has 4 heteroatoms. The molecule has 0 bridgehead atoms. The molecule has 2 atom stereocenters. The van der Waals surface area contributed by atoms with Crippen molar-refractivity contribution in [2.45, 2.75) is 44.8 Å². The number of imide groups is 1. The zero-order chi connectivity index (χ0) is 9.42. The third kappa shape index (κ3) is 1.20. The van der Waals surface area contributed by atoms with Crippen molar-refractivity contribution in [3.8, 4) is 0 Å². The molecule has 0 unspecified atom stereocenters. The topological polar surface area (TPSA) is 46.6 Å². The molecule has 0 radical (unpaired) electrons. The quantitative estimate of drug-likeness (QED) is 0.615. The van der Waals surface area contributed by atoms with Crippen LogP contribution in [0.3, 0.4) is 0 Å². The summed E-state index contributed by atoms with van der Waals surface area (Å²) >= 11 is 0. The van der Waals surface area contributed by atoms with E-state index in [4.69, 9.17) is 4.74 Å². The first-order valence-electron chi connectivity index (χ1n) is 4.76. The lowest BCUT2D eigenvalue weighted by molar-refractivity contribution is -0.128. The minimum absolute atomic E-state index is 0.0250. The molecular weight excluding hydrogens is 170 g/mol. The third-order valence-corrected chi connectivity index (χ3v) is 2.77. The maximum absolute atomic E-state index is 11.4. The number of fused-ring (bicyclic) bond motifs is 1. The minimum Gasteiger partial charge on any atom is -0.444 e. The molecule has 4 nitrogen and oxygen atoms in total. The van der Waals surface area contributed by atoms with Crippen LogP contribution < -0.4 is 0 Å². The lowest BCUT2D eigenvalue weighted by atomic mass is 10.2. The lowest BCUT2D eigenvalue weighted by Crippen LogP contribution is -2.38. The van der Waals surface area contributed by atoms with Crippen LogP contribution in [-0.2, 0) is 9.53 Å². The Labute approximate surface area is 76.8 Å². The van der Waals surface area contributed by atoms with Gasteiger partial charge in [0.2, 0.25) is 5.91 Å². The van der Waals surface area contributed by atoms with Crippen molar-refractivity contribution >= 4 is 12.0 Å². The molecule has 2 aliphatic rings. The van der Waals surface area contributed by atoms with E-state index < -0.39 is 6.09 Å². The second-order valence-electron chi connectivity index (χ2n) is 3.54. The second-order valence-corrected chi connectivity index (χ2v) is 3.54. The number of ether oxygens (including phenoxy) is 1. The number of carbonyl (C=O) groups is 2. The van der Waals surface area contributed by atoms with E-state index in [1.807, 2.05) is 0 Å². The predicted octanol–water partition coefficient (Wildman–Crippen LogP) is 1.30. The van der Waals surface area contributed by atoms with E-state index in [2.05, 4.69) is 0 Å². The van der Waals surface area contributed by atoms with Gasteiger partial charge >= 0.3 is 6.09 Å². The van der Waals surface area contributed by atoms with E-state index in [1.165, 1.54) is 4.90 Å². The van der Waals surface area contributed by atoms with Gasteiger partial charge < -0.3 is 4.74 Å². The molecule has 0 aromatic rings. The Bertz CT molecular complexity index is 243. The Morgan fingerprint density at radius 3 is 3.08 bits per heavy atom. The summed E-state index contributed by atoms with van der Waals surface area (Å²) in [7, 11) is 0. The molecule has 1 saturated heterocycles. The van der Waals surface area contributed by atoms with Crippen molar-refractivity contribution in [3.63, 3.8) is 0 Å². The van der Waals surface area contributed by atoms with Crippen molar-refractivity contribution in [2.75, 3.05) is 0 Å². The highest BCUT2D eigenvalue weighted by Gasteiger charge is 2.46. The molecule has 2 rings (SSSR count). The van der Waals surface area contributed by atoms with Crippen molar-refractivity contribution in [1.29, 1.82) is 0 Å². The first-order chi connectivity index (χ1) is 6.24. The zero-order valence-corrected chi connectivity index (χ0v) is 7.66. The molecule has 0 aromatic heterocycles. The van der Waals surface area contributed by atoms with Crippen LogP contribution in [0.1, 0.15) is 32.6 Å². The van der Waals surface area contributed by atoms with E-state index >= 15 is 0 Å². The van der Waals surface area contributed by atoms with E-state index in [1.54, 1.807) is 6.92 Å². The fraction of sp³-hybridized carbons (Fsp3) is 0.778. The van der Waals surface area contributed by atoms with Gasteiger partial charge in [0.15, 0.2) is 0 Å². The molecule has 1 heterocycles. The number of hydrogen-bond acceptors (Lipinski definition) is 3. The van der Waals surface area contributed by atoms with Crippen LogP contribution in [0.25, 0.3) is 0 Å². The molecular formula is C9H13NO3.